The largest absolute Gasteiger partial charge is 0.346 e. The van der Waals surface area contributed by atoms with Gasteiger partial charge in [-0.25, -0.2) is 4.68 Å². The minimum absolute atomic E-state index is 0.0480. The van der Waals surface area contributed by atoms with Crippen LogP contribution in [0.5, 0.6) is 0 Å². The van der Waals surface area contributed by atoms with Gasteiger partial charge in [0.1, 0.15) is 0 Å². The molecule has 0 saturated carbocycles. The van der Waals surface area contributed by atoms with Crippen LogP contribution in [-0.4, -0.2) is 43.8 Å². The molecule has 1 amide bonds. The molecule has 0 aliphatic carbocycles. The molecule has 0 bridgehead atoms. The predicted octanol–water partition coefficient (Wildman–Crippen LogP) is 3.65. The monoisotopic (exact) mass is 448 g/mol. The number of nitro groups is 1. The first kappa shape index (κ1) is 22.6. The van der Waals surface area contributed by atoms with Gasteiger partial charge in [-0.3, -0.25) is 19.8 Å². The molecular weight excluding hydrogens is 420 g/mol. The van der Waals surface area contributed by atoms with Gasteiger partial charge in [-0.2, -0.15) is 0 Å². The minimum Gasteiger partial charge on any atom is -0.346 e. The fourth-order valence-corrected chi connectivity index (χ4v) is 4.34. The Labute approximate surface area is 192 Å². The highest BCUT2D eigenvalue weighted by atomic mass is 16.6. The van der Waals surface area contributed by atoms with Gasteiger partial charge in [-0.1, -0.05) is 42.5 Å². The molecule has 172 valence electrons. The van der Waals surface area contributed by atoms with E-state index in [2.05, 4.69) is 33.5 Å². The van der Waals surface area contributed by atoms with Crippen LogP contribution in [0.1, 0.15) is 47.1 Å². The summed E-state index contributed by atoms with van der Waals surface area (Å²) in [6, 6.07) is 14.2. The van der Waals surface area contributed by atoms with Gasteiger partial charge < -0.3 is 5.32 Å². The van der Waals surface area contributed by atoms with E-state index in [1.54, 1.807) is 19.1 Å². The fourth-order valence-electron chi connectivity index (χ4n) is 4.34. The van der Waals surface area contributed by atoms with E-state index in [4.69, 9.17) is 0 Å². The highest BCUT2D eigenvalue weighted by Crippen LogP contribution is 2.20. The van der Waals surface area contributed by atoms with Crippen LogP contribution in [0.15, 0.2) is 48.5 Å². The Morgan fingerprint density at radius 2 is 2.00 bits per heavy atom. The van der Waals surface area contributed by atoms with Crippen LogP contribution in [0.25, 0.3) is 5.69 Å². The number of likely N-dealkylation sites (tertiary alicyclic amines) is 1. The Morgan fingerprint density at radius 3 is 2.76 bits per heavy atom. The van der Waals surface area contributed by atoms with Crippen molar-refractivity contribution < 1.29 is 9.72 Å². The third kappa shape index (κ3) is 5.25. The molecule has 1 saturated heterocycles. The predicted molar refractivity (Wildman–Crippen MR) is 124 cm³/mol. The average molecular weight is 449 g/mol. The molecule has 33 heavy (non-hydrogen) atoms. The number of nitrogens with one attached hydrogen (secondary N) is 1. The molecule has 1 unspecified atom stereocenters. The van der Waals surface area contributed by atoms with Crippen LogP contribution in [0.4, 0.5) is 5.69 Å². The molecule has 0 spiro atoms. The standard InChI is InChI=1S/C24H28N6O3/c1-17-7-6-12-28(15-17)16-20-9-4-3-8-19(20)14-25-24(31)23-18(2)29(27-26-23)21-10-5-11-22(13-21)30(32)33/h3-5,8-11,13,17H,6-7,12,14-16H2,1-2H3,(H,25,31). The van der Waals surface area contributed by atoms with Crippen molar-refractivity contribution in [2.24, 2.45) is 5.92 Å². The second kappa shape index (κ2) is 9.91. The van der Waals surface area contributed by atoms with Crippen LogP contribution in [0, 0.1) is 23.0 Å². The van der Waals surface area contributed by atoms with Crippen LogP contribution >= 0.6 is 0 Å². The molecule has 0 radical (unpaired) electrons. The van der Waals surface area contributed by atoms with Crippen molar-refractivity contribution in [3.8, 4) is 5.69 Å². The smallest absolute Gasteiger partial charge is 0.274 e. The molecule has 3 aromatic rings. The first-order valence-electron chi connectivity index (χ1n) is 11.2. The molecule has 2 heterocycles. The number of rotatable bonds is 7. The molecule has 4 rings (SSSR count). The summed E-state index contributed by atoms with van der Waals surface area (Å²) < 4.78 is 1.44. The summed E-state index contributed by atoms with van der Waals surface area (Å²) in [4.78, 5) is 25.9. The normalized spacial score (nSPS) is 16.5. The molecule has 1 aromatic heterocycles. The summed E-state index contributed by atoms with van der Waals surface area (Å²) in [5.74, 6) is 0.382. The molecule has 1 aliphatic rings. The third-order valence-electron chi connectivity index (χ3n) is 6.09. The third-order valence-corrected chi connectivity index (χ3v) is 6.09. The number of hydrogen-bond acceptors (Lipinski definition) is 6. The molecule has 9 heteroatoms. The Balaban J connectivity index is 1.45. The lowest BCUT2D eigenvalue weighted by atomic mass is 9.99. The van der Waals surface area contributed by atoms with Gasteiger partial charge in [0.25, 0.3) is 11.6 Å². The second-order valence-corrected chi connectivity index (χ2v) is 8.65. The van der Waals surface area contributed by atoms with E-state index in [1.807, 2.05) is 18.2 Å². The number of carbonyl (C=O) groups is 1. The minimum atomic E-state index is -0.467. The maximum absolute atomic E-state index is 12.9. The van der Waals surface area contributed by atoms with Crippen molar-refractivity contribution in [3.63, 3.8) is 0 Å². The quantitative estimate of drug-likeness (QED) is 0.437. The molecule has 9 nitrogen and oxygen atoms in total. The second-order valence-electron chi connectivity index (χ2n) is 8.65. The number of nitro benzene ring substituents is 1. The average Bonchev–Trinajstić information content (AvgIpc) is 3.20. The lowest BCUT2D eigenvalue weighted by molar-refractivity contribution is -0.384. The van der Waals surface area contributed by atoms with Crippen LogP contribution in [-0.2, 0) is 13.1 Å². The Kier molecular flexibility index (Phi) is 6.79. The molecule has 1 aliphatic heterocycles. The molecular formula is C24H28N6O3. The summed E-state index contributed by atoms with van der Waals surface area (Å²) in [5, 5.41) is 22.1. The van der Waals surface area contributed by atoms with Gasteiger partial charge in [0.05, 0.1) is 16.3 Å². The zero-order valence-corrected chi connectivity index (χ0v) is 18.9. The van der Waals surface area contributed by atoms with Gasteiger partial charge in [0.15, 0.2) is 5.69 Å². The van der Waals surface area contributed by atoms with Gasteiger partial charge >= 0.3 is 0 Å². The summed E-state index contributed by atoms with van der Waals surface area (Å²) in [6.45, 7) is 7.48. The maximum atomic E-state index is 12.9. The number of piperidine rings is 1. The molecule has 1 fully saturated rings. The highest BCUT2D eigenvalue weighted by molar-refractivity contribution is 5.93. The van der Waals surface area contributed by atoms with Gasteiger partial charge in [0, 0.05) is 31.8 Å². The van der Waals surface area contributed by atoms with Crippen LogP contribution < -0.4 is 5.32 Å². The first-order chi connectivity index (χ1) is 15.9. The maximum Gasteiger partial charge on any atom is 0.274 e. The zero-order valence-electron chi connectivity index (χ0n) is 18.9. The van der Waals surface area contributed by atoms with E-state index in [9.17, 15) is 14.9 Å². The highest BCUT2D eigenvalue weighted by Gasteiger charge is 2.20. The summed E-state index contributed by atoms with van der Waals surface area (Å²) in [5.41, 5.74) is 3.44. The van der Waals surface area contributed by atoms with Crippen molar-refractivity contribution in [3.05, 3.63) is 81.2 Å². The van der Waals surface area contributed by atoms with Gasteiger partial charge in [0.2, 0.25) is 0 Å². The van der Waals surface area contributed by atoms with E-state index in [-0.39, 0.29) is 17.3 Å². The van der Waals surface area contributed by atoms with Crippen molar-refractivity contribution in [1.29, 1.82) is 0 Å². The summed E-state index contributed by atoms with van der Waals surface area (Å²) >= 11 is 0. The molecule has 2 aromatic carbocycles. The van der Waals surface area contributed by atoms with Crippen molar-refractivity contribution in [2.45, 2.75) is 39.8 Å². The number of aromatic nitrogens is 3. The number of non-ortho nitro benzene ring substituents is 1. The van der Waals surface area contributed by atoms with E-state index in [0.29, 0.717) is 23.8 Å². The van der Waals surface area contributed by atoms with Crippen molar-refractivity contribution in [1.82, 2.24) is 25.2 Å². The topological polar surface area (TPSA) is 106 Å². The van der Waals surface area contributed by atoms with Crippen LogP contribution in [0.2, 0.25) is 0 Å². The lowest BCUT2D eigenvalue weighted by Gasteiger charge is -2.31. The van der Waals surface area contributed by atoms with E-state index < -0.39 is 4.92 Å². The van der Waals surface area contributed by atoms with E-state index in [0.717, 1.165) is 25.2 Å². The Hall–Kier alpha value is -3.59. The van der Waals surface area contributed by atoms with E-state index in [1.165, 1.54) is 35.2 Å². The summed E-state index contributed by atoms with van der Waals surface area (Å²) in [6.07, 6.45) is 2.50. The Morgan fingerprint density at radius 1 is 1.21 bits per heavy atom. The number of nitrogens with zero attached hydrogens (tertiary/aromatic N) is 5. The summed E-state index contributed by atoms with van der Waals surface area (Å²) in [7, 11) is 0. The van der Waals surface area contributed by atoms with Crippen LogP contribution in [0.3, 0.4) is 0 Å². The van der Waals surface area contributed by atoms with Gasteiger partial charge in [-0.05, 0) is 49.4 Å². The van der Waals surface area contributed by atoms with E-state index >= 15 is 0 Å². The van der Waals surface area contributed by atoms with Crippen molar-refractivity contribution in [2.75, 3.05) is 13.1 Å². The zero-order chi connectivity index (χ0) is 23.4. The Bertz CT molecular complexity index is 1160. The molecule has 1 atom stereocenters. The SMILES string of the molecule is Cc1c(C(=O)NCc2ccccc2CN2CCCC(C)C2)nnn1-c1cccc([N+](=O)[O-])c1. The van der Waals surface area contributed by atoms with Gasteiger partial charge in [-0.15, -0.1) is 5.10 Å². The number of carbonyl (C=O) groups excluding carboxylic acids is 1. The number of amides is 1. The number of benzene rings is 2. The molecule has 1 N–H and O–H groups in total. The number of hydrogen-bond donors (Lipinski definition) is 1. The lowest BCUT2D eigenvalue weighted by Crippen LogP contribution is -2.34. The van der Waals surface area contributed by atoms with Crippen molar-refractivity contribution >= 4 is 11.6 Å². The fraction of sp³-hybridized carbons (Fsp3) is 0.375. The first-order valence-corrected chi connectivity index (χ1v) is 11.2.